The van der Waals surface area contributed by atoms with Gasteiger partial charge in [-0.1, -0.05) is 13.0 Å². The van der Waals surface area contributed by atoms with Crippen molar-refractivity contribution < 1.29 is 9.47 Å². The van der Waals surface area contributed by atoms with E-state index in [9.17, 15) is 4.79 Å². The minimum absolute atomic E-state index is 0.0850. The van der Waals surface area contributed by atoms with Gasteiger partial charge in [-0.05, 0) is 98.2 Å². The molecule has 6 nitrogen and oxygen atoms in total. The third-order valence-corrected chi connectivity index (χ3v) is 6.66. The van der Waals surface area contributed by atoms with E-state index in [0.29, 0.717) is 35.3 Å². The topological polar surface area (TPSA) is 66.6 Å². The Bertz CT molecular complexity index is 1220. The third-order valence-electron chi connectivity index (χ3n) is 6.28. The zero-order chi connectivity index (χ0) is 24.8. The number of thiocarbonyl (C=S) groups is 1. The number of hydrogen-bond acceptors (Lipinski definition) is 4. The third kappa shape index (κ3) is 6.08. The van der Waals surface area contributed by atoms with Gasteiger partial charge in [0.25, 0.3) is 5.56 Å². The number of fused-ring (bicyclic) bond motifs is 1. The lowest BCUT2D eigenvalue weighted by molar-refractivity contribution is 0.354. The number of benzene rings is 2. The van der Waals surface area contributed by atoms with E-state index in [1.54, 1.807) is 14.2 Å². The summed E-state index contributed by atoms with van der Waals surface area (Å²) in [6.07, 6.45) is 1.70. The second kappa shape index (κ2) is 11.4. The molecule has 1 aromatic heterocycles. The molecule has 2 aromatic carbocycles. The average molecular weight is 482 g/mol. The molecule has 0 bridgehead atoms. The smallest absolute Gasteiger partial charge is 0.253 e. The van der Waals surface area contributed by atoms with Crippen LogP contribution in [0.1, 0.15) is 42.5 Å². The molecule has 2 N–H and O–H groups in total. The number of methoxy groups -OCH3 is 2. The Morgan fingerprint density at radius 3 is 2.47 bits per heavy atom. The summed E-state index contributed by atoms with van der Waals surface area (Å²) in [5.74, 6) is 1.40. The summed E-state index contributed by atoms with van der Waals surface area (Å²) in [6.45, 7) is 9.44. The monoisotopic (exact) mass is 481 g/mol. The van der Waals surface area contributed by atoms with Gasteiger partial charge in [0.05, 0.1) is 20.8 Å². The molecule has 0 amide bonds. The van der Waals surface area contributed by atoms with Crippen LogP contribution in [0.25, 0.3) is 10.9 Å². The maximum Gasteiger partial charge on any atom is 0.253 e. The molecule has 0 aliphatic heterocycles. The molecular formula is C27H35N3O3S. The van der Waals surface area contributed by atoms with Crippen molar-refractivity contribution in [3.05, 3.63) is 69.0 Å². The fourth-order valence-corrected chi connectivity index (χ4v) is 4.16. The van der Waals surface area contributed by atoms with E-state index in [2.05, 4.69) is 49.0 Å². The van der Waals surface area contributed by atoms with Crippen LogP contribution in [0.3, 0.4) is 0 Å². The summed E-state index contributed by atoms with van der Waals surface area (Å²) in [5, 5.41) is 5.07. The Kier molecular flexibility index (Phi) is 8.56. The first-order chi connectivity index (χ1) is 16.2. The second-order valence-electron chi connectivity index (χ2n) is 8.77. The number of H-pyrrole nitrogens is 1. The van der Waals surface area contributed by atoms with E-state index in [4.69, 9.17) is 21.7 Å². The molecule has 3 rings (SSSR count). The van der Waals surface area contributed by atoms with Gasteiger partial charge in [-0.2, -0.15) is 0 Å². The first kappa shape index (κ1) is 25.6. The van der Waals surface area contributed by atoms with Gasteiger partial charge in [0.1, 0.15) is 0 Å². The van der Waals surface area contributed by atoms with Gasteiger partial charge in [0.2, 0.25) is 0 Å². The van der Waals surface area contributed by atoms with E-state index in [-0.39, 0.29) is 11.6 Å². The Morgan fingerprint density at radius 2 is 1.79 bits per heavy atom. The SMILES string of the molecule is CC[C@@H](C)NC(=S)N(CCc1ccc(OC)c(OC)c1)Cc1cc2cc(C)c(C)cc2[nH]c1=O. The molecule has 0 aliphatic rings. The summed E-state index contributed by atoms with van der Waals surface area (Å²) in [4.78, 5) is 18.0. The van der Waals surface area contributed by atoms with Crippen molar-refractivity contribution >= 4 is 28.2 Å². The van der Waals surface area contributed by atoms with Crippen LogP contribution in [0.2, 0.25) is 0 Å². The van der Waals surface area contributed by atoms with E-state index >= 15 is 0 Å². The lowest BCUT2D eigenvalue weighted by Gasteiger charge is -2.28. The van der Waals surface area contributed by atoms with Crippen molar-refractivity contribution in [2.75, 3.05) is 20.8 Å². The molecule has 0 spiro atoms. The predicted molar refractivity (Wildman–Crippen MR) is 143 cm³/mol. The van der Waals surface area contributed by atoms with Gasteiger partial charge in [-0.25, -0.2) is 0 Å². The zero-order valence-corrected chi connectivity index (χ0v) is 21.8. The van der Waals surface area contributed by atoms with Crippen molar-refractivity contribution in [2.45, 2.75) is 53.1 Å². The number of nitrogens with one attached hydrogen (secondary N) is 2. The minimum atomic E-state index is -0.0850. The van der Waals surface area contributed by atoms with Crippen LogP contribution >= 0.6 is 12.2 Å². The molecule has 0 radical (unpaired) electrons. The van der Waals surface area contributed by atoms with Gasteiger partial charge in [0.15, 0.2) is 16.6 Å². The van der Waals surface area contributed by atoms with Gasteiger partial charge in [-0.3, -0.25) is 4.79 Å². The lowest BCUT2D eigenvalue weighted by Crippen LogP contribution is -2.44. The summed E-state index contributed by atoms with van der Waals surface area (Å²) in [5.41, 5.74) is 4.92. The summed E-state index contributed by atoms with van der Waals surface area (Å²) in [6, 6.07) is 12.3. The molecule has 1 atom stereocenters. The van der Waals surface area contributed by atoms with Crippen molar-refractivity contribution in [1.82, 2.24) is 15.2 Å². The van der Waals surface area contributed by atoms with Gasteiger partial charge >= 0.3 is 0 Å². The van der Waals surface area contributed by atoms with Crippen molar-refractivity contribution in [2.24, 2.45) is 0 Å². The molecule has 182 valence electrons. The first-order valence-corrected chi connectivity index (χ1v) is 12.1. The molecular weight excluding hydrogens is 446 g/mol. The van der Waals surface area contributed by atoms with Crippen molar-refractivity contribution in [1.29, 1.82) is 0 Å². The number of nitrogens with zero attached hydrogens (tertiary/aromatic N) is 1. The zero-order valence-electron chi connectivity index (χ0n) is 21.0. The standard InChI is InChI=1S/C27H35N3O3S/c1-7-19(4)28-27(34)30(11-10-20-8-9-24(32-5)25(14-20)33-6)16-22-15-21-12-17(2)18(3)13-23(21)29-26(22)31/h8-9,12-15,19H,7,10-11,16H2,1-6H3,(H,28,34)(H,29,31)/t19-/m1/s1. The highest BCUT2D eigenvalue weighted by molar-refractivity contribution is 7.80. The minimum Gasteiger partial charge on any atom is -0.493 e. The van der Waals surface area contributed by atoms with Crippen LogP contribution in [0, 0.1) is 13.8 Å². The summed E-state index contributed by atoms with van der Waals surface area (Å²) < 4.78 is 10.8. The van der Waals surface area contributed by atoms with Crippen molar-refractivity contribution in [3.63, 3.8) is 0 Å². The Balaban J connectivity index is 1.87. The Labute approximate surface area is 207 Å². The Morgan fingerprint density at radius 1 is 1.09 bits per heavy atom. The highest BCUT2D eigenvalue weighted by Crippen LogP contribution is 2.28. The molecule has 3 aromatic rings. The average Bonchev–Trinajstić information content (AvgIpc) is 2.82. The normalized spacial score (nSPS) is 11.8. The van der Waals surface area contributed by atoms with Gasteiger partial charge in [-0.15, -0.1) is 0 Å². The van der Waals surface area contributed by atoms with Crippen LogP contribution in [0.15, 0.2) is 41.2 Å². The van der Waals surface area contributed by atoms with Gasteiger partial charge in [0, 0.05) is 23.7 Å². The number of hydrogen-bond donors (Lipinski definition) is 2. The van der Waals surface area contributed by atoms with Crippen LogP contribution < -0.4 is 20.3 Å². The molecule has 0 unspecified atom stereocenters. The summed E-state index contributed by atoms with van der Waals surface area (Å²) >= 11 is 5.76. The van der Waals surface area contributed by atoms with Crippen LogP contribution in [-0.2, 0) is 13.0 Å². The molecule has 0 saturated heterocycles. The number of rotatable bonds is 9. The second-order valence-corrected chi connectivity index (χ2v) is 9.15. The molecule has 0 fully saturated rings. The maximum atomic E-state index is 12.9. The Hall–Kier alpha value is -3.06. The highest BCUT2D eigenvalue weighted by atomic mass is 32.1. The predicted octanol–water partition coefficient (Wildman–Crippen LogP) is 4.88. The van der Waals surface area contributed by atoms with Crippen LogP contribution in [0.5, 0.6) is 11.5 Å². The van der Waals surface area contributed by atoms with Crippen LogP contribution in [0.4, 0.5) is 0 Å². The van der Waals surface area contributed by atoms with Crippen molar-refractivity contribution in [3.8, 4) is 11.5 Å². The lowest BCUT2D eigenvalue weighted by atomic mass is 10.0. The largest absolute Gasteiger partial charge is 0.493 e. The van der Waals surface area contributed by atoms with E-state index in [1.807, 2.05) is 30.3 Å². The maximum absolute atomic E-state index is 12.9. The van der Waals surface area contributed by atoms with E-state index in [0.717, 1.165) is 34.9 Å². The number of aryl methyl sites for hydroxylation is 2. The molecule has 7 heteroatoms. The highest BCUT2D eigenvalue weighted by Gasteiger charge is 2.16. The number of aromatic amines is 1. The quantitative estimate of drug-likeness (QED) is 0.425. The molecule has 0 aliphatic carbocycles. The number of aromatic nitrogens is 1. The molecule has 0 saturated carbocycles. The number of ether oxygens (including phenoxy) is 2. The fourth-order valence-electron chi connectivity index (χ4n) is 3.80. The number of pyridine rings is 1. The van der Waals surface area contributed by atoms with E-state index < -0.39 is 0 Å². The summed E-state index contributed by atoms with van der Waals surface area (Å²) in [7, 11) is 3.26. The molecule has 34 heavy (non-hydrogen) atoms. The fraction of sp³-hybridized carbons (Fsp3) is 0.407. The van der Waals surface area contributed by atoms with E-state index in [1.165, 1.54) is 5.56 Å². The molecule has 1 heterocycles. The first-order valence-electron chi connectivity index (χ1n) is 11.6. The van der Waals surface area contributed by atoms with Crippen LogP contribution in [-0.4, -0.2) is 41.8 Å². The van der Waals surface area contributed by atoms with Gasteiger partial charge < -0.3 is 24.7 Å².